The van der Waals surface area contributed by atoms with Crippen LogP contribution in [0.1, 0.15) is 40.0 Å². The van der Waals surface area contributed by atoms with Crippen molar-refractivity contribution in [3.8, 4) is 0 Å². The molecular formula is C14H18O. The van der Waals surface area contributed by atoms with Gasteiger partial charge in [-0.05, 0) is 24.0 Å². The summed E-state index contributed by atoms with van der Waals surface area (Å²) >= 11 is 0. The highest BCUT2D eigenvalue weighted by atomic mass is 16.1. The number of hydrogen-bond acceptors (Lipinski definition) is 1. The van der Waals surface area contributed by atoms with Crippen LogP contribution in [0.25, 0.3) is 0 Å². The van der Waals surface area contributed by atoms with Gasteiger partial charge in [0.05, 0.1) is 0 Å². The van der Waals surface area contributed by atoms with Crippen LogP contribution in [-0.2, 0) is 4.79 Å². The third-order valence-electron chi connectivity index (χ3n) is 3.22. The van der Waals surface area contributed by atoms with Crippen molar-refractivity contribution >= 4 is 5.78 Å². The molecule has 1 nitrogen and oxygen atoms in total. The molecule has 80 valence electrons. The minimum absolute atomic E-state index is 0.0793. The summed E-state index contributed by atoms with van der Waals surface area (Å²) in [6.07, 6.45) is 9.15. The van der Waals surface area contributed by atoms with Crippen molar-refractivity contribution in [2.24, 2.45) is 5.41 Å². The van der Waals surface area contributed by atoms with Crippen LogP contribution in [0.4, 0.5) is 0 Å². The molecule has 0 spiro atoms. The Kier molecular flexibility index (Phi) is 2.41. The molecular weight excluding hydrogens is 184 g/mol. The Bertz CT molecular complexity index is 392. The zero-order chi connectivity index (χ0) is 11.1. The molecule has 0 atom stereocenters. The Morgan fingerprint density at radius 3 is 2.73 bits per heavy atom. The average molecular weight is 202 g/mol. The van der Waals surface area contributed by atoms with Gasteiger partial charge in [-0.25, -0.2) is 0 Å². The number of rotatable bonds is 1. The van der Waals surface area contributed by atoms with Crippen molar-refractivity contribution in [2.75, 3.05) is 0 Å². The molecule has 0 saturated heterocycles. The number of Topliss-reactive ketones (excluding diaryl/α,β-unsaturated/α-hetero) is 1. The van der Waals surface area contributed by atoms with Gasteiger partial charge in [0.2, 0.25) is 0 Å². The summed E-state index contributed by atoms with van der Waals surface area (Å²) in [5, 5.41) is 0. The van der Waals surface area contributed by atoms with E-state index in [0.717, 1.165) is 18.4 Å². The van der Waals surface area contributed by atoms with E-state index in [1.165, 1.54) is 11.1 Å². The molecule has 0 unspecified atom stereocenters. The van der Waals surface area contributed by atoms with Crippen molar-refractivity contribution < 1.29 is 4.79 Å². The lowest BCUT2D eigenvalue weighted by atomic mass is 9.89. The zero-order valence-electron chi connectivity index (χ0n) is 9.76. The molecule has 15 heavy (non-hydrogen) atoms. The van der Waals surface area contributed by atoms with Gasteiger partial charge in [-0.15, -0.1) is 0 Å². The first-order valence-corrected chi connectivity index (χ1v) is 5.71. The standard InChI is InChI=1S/C14H18O/c1-4-10-9-14(2,3)8-7-12-11(10)5-6-13(12)15/h7-9H,4-6H2,1-3H3. The molecule has 2 aliphatic carbocycles. The molecule has 0 amide bonds. The fourth-order valence-electron chi connectivity index (χ4n) is 2.40. The van der Waals surface area contributed by atoms with Gasteiger partial charge in [-0.2, -0.15) is 0 Å². The lowest BCUT2D eigenvalue weighted by Gasteiger charge is -2.16. The van der Waals surface area contributed by atoms with Gasteiger partial charge < -0.3 is 0 Å². The number of carbonyl (C=O) groups excluding carboxylic acids is 1. The highest BCUT2D eigenvalue weighted by molar-refractivity contribution is 6.02. The van der Waals surface area contributed by atoms with Crippen molar-refractivity contribution in [1.82, 2.24) is 0 Å². The second-order valence-corrected chi connectivity index (χ2v) is 4.99. The smallest absolute Gasteiger partial charge is 0.163 e. The highest BCUT2D eigenvalue weighted by Gasteiger charge is 2.26. The SMILES string of the molecule is CCC1=CC(C)(C)C=CC2=C1CCC2=O. The maximum Gasteiger partial charge on any atom is 0.163 e. The summed E-state index contributed by atoms with van der Waals surface area (Å²) in [7, 11) is 0. The van der Waals surface area contributed by atoms with E-state index in [1.54, 1.807) is 0 Å². The molecule has 0 aromatic heterocycles. The van der Waals surface area contributed by atoms with Crippen molar-refractivity contribution in [3.05, 3.63) is 34.9 Å². The normalized spacial score (nSPS) is 23.9. The Balaban J connectivity index is 2.51. The summed E-state index contributed by atoms with van der Waals surface area (Å²) in [6.45, 7) is 6.54. The van der Waals surface area contributed by atoms with Crippen LogP contribution >= 0.6 is 0 Å². The van der Waals surface area contributed by atoms with Gasteiger partial charge in [-0.3, -0.25) is 4.79 Å². The van der Waals surface area contributed by atoms with Crippen LogP contribution in [0.3, 0.4) is 0 Å². The number of carbonyl (C=O) groups is 1. The molecule has 0 heterocycles. The molecule has 2 rings (SSSR count). The molecule has 2 aliphatic rings. The van der Waals surface area contributed by atoms with Crippen LogP contribution in [0.2, 0.25) is 0 Å². The van der Waals surface area contributed by atoms with Gasteiger partial charge in [0.1, 0.15) is 0 Å². The first-order chi connectivity index (χ1) is 7.03. The largest absolute Gasteiger partial charge is 0.294 e. The van der Waals surface area contributed by atoms with Crippen molar-refractivity contribution in [3.63, 3.8) is 0 Å². The topological polar surface area (TPSA) is 17.1 Å². The van der Waals surface area contributed by atoms with E-state index in [-0.39, 0.29) is 5.41 Å². The first kappa shape index (κ1) is 10.4. The van der Waals surface area contributed by atoms with Gasteiger partial charge in [0, 0.05) is 17.4 Å². The Labute approximate surface area is 91.6 Å². The van der Waals surface area contributed by atoms with Gasteiger partial charge in [0.15, 0.2) is 5.78 Å². The van der Waals surface area contributed by atoms with Gasteiger partial charge in [-0.1, -0.05) is 39.0 Å². The molecule has 0 bridgehead atoms. The Hall–Kier alpha value is -1.11. The molecule has 0 radical (unpaired) electrons. The molecule has 0 aromatic rings. The maximum absolute atomic E-state index is 11.7. The second-order valence-electron chi connectivity index (χ2n) is 4.99. The number of hydrogen-bond donors (Lipinski definition) is 0. The fraction of sp³-hybridized carbons (Fsp3) is 0.500. The third kappa shape index (κ3) is 1.83. The lowest BCUT2D eigenvalue weighted by molar-refractivity contribution is -0.114. The summed E-state index contributed by atoms with van der Waals surface area (Å²) in [5.41, 5.74) is 3.71. The maximum atomic E-state index is 11.7. The van der Waals surface area contributed by atoms with E-state index in [1.807, 2.05) is 6.08 Å². The van der Waals surface area contributed by atoms with Crippen molar-refractivity contribution in [1.29, 1.82) is 0 Å². The predicted octanol–water partition coefficient (Wildman–Crippen LogP) is 3.58. The van der Waals surface area contributed by atoms with Gasteiger partial charge in [0.25, 0.3) is 0 Å². The van der Waals surface area contributed by atoms with Gasteiger partial charge >= 0.3 is 0 Å². The minimum Gasteiger partial charge on any atom is -0.294 e. The van der Waals surface area contributed by atoms with E-state index in [0.29, 0.717) is 12.2 Å². The van der Waals surface area contributed by atoms with E-state index in [9.17, 15) is 4.79 Å². The predicted molar refractivity (Wildman–Crippen MR) is 62.6 cm³/mol. The van der Waals surface area contributed by atoms with Crippen molar-refractivity contribution in [2.45, 2.75) is 40.0 Å². The quantitative estimate of drug-likeness (QED) is 0.635. The van der Waals surface area contributed by atoms with Crippen LogP contribution in [0.5, 0.6) is 0 Å². The molecule has 0 saturated carbocycles. The van der Waals surface area contributed by atoms with E-state index < -0.39 is 0 Å². The fourth-order valence-corrected chi connectivity index (χ4v) is 2.40. The van der Waals surface area contributed by atoms with Crippen LogP contribution in [0.15, 0.2) is 34.9 Å². The second kappa shape index (κ2) is 3.48. The summed E-state index contributed by atoms with van der Waals surface area (Å²) in [6, 6.07) is 0. The van der Waals surface area contributed by atoms with Crippen LogP contribution in [0, 0.1) is 5.41 Å². The first-order valence-electron chi connectivity index (χ1n) is 5.71. The molecule has 0 aromatic carbocycles. The Morgan fingerprint density at radius 1 is 1.33 bits per heavy atom. The molecule has 0 N–H and O–H groups in total. The lowest BCUT2D eigenvalue weighted by Crippen LogP contribution is -2.03. The van der Waals surface area contributed by atoms with E-state index in [2.05, 4.69) is 32.9 Å². The summed E-state index contributed by atoms with van der Waals surface area (Å²) < 4.78 is 0. The molecule has 1 heteroatoms. The van der Waals surface area contributed by atoms with E-state index >= 15 is 0 Å². The molecule has 0 fully saturated rings. The van der Waals surface area contributed by atoms with E-state index in [4.69, 9.17) is 0 Å². The minimum atomic E-state index is 0.0793. The summed E-state index contributed by atoms with van der Waals surface area (Å²) in [5.74, 6) is 0.318. The molecule has 0 aliphatic heterocycles. The monoisotopic (exact) mass is 202 g/mol. The third-order valence-corrected chi connectivity index (χ3v) is 3.22. The van der Waals surface area contributed by atoms with Crippen LogP contribution in [-0.4, -0.2) is 5.78 Å². The number of ketones is 1. The van der Waals surface area contributed by atoms with Crippen LogP contribution < -0.4 is 0 Å². The average Bonchev–Trinajstić information content (AvgIpc) is 2.47. The zero-order valence-corrected chi connectivity index (χ0v) is 9.76. The summed E-state index contributed by atoms with van der Waals surface area (Å²) in [4.78, 5) is 11.7. The highest BCUT2D eigenvalue weighted by Crippen LogP contribution is 2.37. The number of allylic oxidation sites excluding steroid dienone is 6. The Morgan fingerprint density at radius 2 is 2.07 bits per heavy atom.